The monoisotopic (exact) mass is 359 g/mol. The van der Waals surface area contributed by atoms with Gasteiger partial charge in [0.2, 0.25) is 5.91 Å². The lowest BCUT2D eigenvalue weighted by molar-refractivity contribution is -0.128. The third-order valence-corrected chi connectivity index (χ3v) is 8.09. The molecule has 2 unspecified atom stereocenters. The van der Waals surface area contributed by atoms with E-state index >= 15 is 0 Å². The van der Waals surface area contributed by atoms with E-state index in [1.54, 1.807) is 0 Å². The summed E-state index contributed by atoms with van der Waals surface area (Å²) in [6.45, 7) is 0. The van der Waals surface area contributed by atoms with Crippen LogP contribution in [0.3, 0.4) is 0 Å². The van der Waals surface area contributed by atoms with E-state index in [9.17, 15) is 4.79 Å². The van der Waals surface area contributed by atoms with Gasteiger partial charge in [0.05, 0.1) is 5.41 Å². The number of primary amides is 1. The Balaban J connectivity index is 1.52. The maximum absolute atomic E-state index is 12.6. The van der Waals surface area contributed by atoms with E-state index in [4.69, 9.17) is 5.73 Å². The summed E-state index contributed by atoms with van der Waals surface area (Å²) in [7, 11) is 0. The fourth-order valence-corrected chi connectivity index (χ4v) is 5.98. The summed E-state index contributed by atoms with van der Waals surface area (Å²) in [5, 5.41) is 0. The van der Waals surface area contributed by atoms with Crippen LogP contribution in [-0.2, 0) is 4.79 Å². The molecule has 2 nitrogen and oxygen atoms in total. The van der Waals surface area contributed by atoms with E-state index in [2.05, 4.69) is 18.2 Å². The van der Waals surface area contributed by atoms with Gasteiger partial charge in [0.25, 0.3) is 0 Å². The van der Waals surface area contributed by atoms with Crippen molar-refractivity contribution in [1.82, 2.24) is 0 Å². The van der Waals surface area contributed by atoms with Gasteiger partial charge in [-0.1, -0.05) is 63.2 Å². The molecule has 1 amide bonds. The fourth-order valence-electron chi connectivity index (χ4n) is 4.80. The van der Waals surface area contributed by atoms with E-state index in [1.807, 2.05) is 11.8 Å². The molecular formula is C22H33NOS. The van der Waals surface area contributed by atoms with Crippen LogP contribution in [-0.4, -0.2) is 11.7 Å². The van der Waals surface area contributed by atoms with Gasteiger partial charge < -0.3 is 5.73 Å². The van der Waals surface area contributed by atoms with E-state index in [1.165, 1.54) is 68.4 Å². The highest BCUT2D eigenvalue weighted by Crippen LogP contribution is 2.51. The molecule has 0 radical (unpaired) electrons. The number of nitrogens with two attached hydrogens (primary N) is 1. The van der Waals surface area contributed by atoms with Gasteiger partial charge in [-0.15, -0.1) is 11.8 Å². The number of thioether (sulfide) groups is 1. The SMILES string of the molecule is NC(=O)C1(CC2CC2)C=CC(SCC2CC2)=CC1CC1CCCCC1. The molecule has 4 aliphatic carbocycles. The Morgan fingerprint density at radius 1 is 1.04 bits per heavy atom. The van der Waals surface area contributed by atoms with Crippen LogP contribution in [0.4, 0.5) is 0 Å². The van der Waals surface area contributed by atoms with Gasteiger partial charge in [-0.3, -0.25) is 4.79 Å². The van der Waals surface area contributed by atoms with Crippen molar-refractivity contribution in [2.75, 3.05) is 5.75 Å². The predicted molar refractivity (Wildman–Crippen MR) is 106 cm³/mol. The normalized spacial score (nSPS) is 33.3. The molecule has 0 spiro atoms. The zero-order chi connectivity index (χ0) is 17.3. The van der Waals surface area contributed by atoms with Crippen molar-refractivity contribution in [3.05, 3.63) is 23.1 Å². The molecule has 0 saturated heterocycles. The van der Waals surface area contributed by atoms with Crippen molar-refractivity contribution < 1.29 is 4.79 Å². The van der Waals surface area contributed by atoms with Crippen LogP contribution in [0.25, 0.3) is 0 Å². The van der Waals surface area contributed by atoms with Gasteiger partial charge in [-0.2, -0.15) is 0 Å². The molecule has 3 heteroatoms. The third kappa shape index (κ3) is 4.35. The maximum Gasteiger partial charge on any atom is 0.228 e. The molecule has 4 aliphatic rings. The van der Waals surface area contributed by atoms with Crippen molar-refractivity contribution in [3.63, 3.8) is 0 Å². The molecule has 0 aromatic heterocycles. The first-order valence-corrected chi connectivity index (χ1v) is 11.5. The summed E-state index contributed by atoms with van der Waals surface area (Å²) in [5.74, 6) is 3.93. The Hall–Kier alpha value is -0.700. The van der Waals surface area contributed by atoms with Crippen LogP contribution in [0, 0.1) is 29.1 Å². The van der Waals surface area contributed by atoms with Gasteiger partial charge in [-0.05, 0) is 49.4 Å². The summed E-state index contributed by atoms with van der Waals surface area (Å²) in [6, 6.07) is 0. The highest BCUT2D eigenvalue weighted by Gasteiger charge is 2.46. The predicted octanol–water partition coefficient (Wildman–Crippen LogP) is 5.44. The summed E-state index contributed by atoms with van der Waals surface area (Å²) in [6.07, 6.45) is 21.2. The molecule has 0 bridgehead atoms. The number of rotatable bonds is 8. The molecule has 25 heavy (non-hydrogen) atoms. The Morgan fingerprint density at radius 2 is 1.76 bits per heavy atom. The smallest absolute Gasteiger partial charge is 0.228 e. The molecule has 3 saturated carbocycles. The first-order chi connectivity index (χ1) is 12.2. The first kappa shape index (κ1) is 17.7. The van der Waals surface area contributed by atoms with Crippen LogP contribution < -0.4 is 5.73 Å². The summed E-state index contributed by atoms with van der Waals surface area (Å²) in [5.41, 5.74) is 5.61. The molecule has 138 valence electrons. The first-order valence-electron chi connectivity index (χ1n) is 10.5. The summed E-state index contributed by atoms with van der Waals surface area (Å²) >= 11 is 2.00. The van der Waals surface area contributed by atoms with Gasteiger partial charge in [0.15, 0.2) is 0 Å². The largest absolute Gasteiger partial charge is 0.369 e. The standard InChI is InChI=1S/C22H33NOS/c23-21(24)22(14-17-6-7-17)11-10-20(25-15-18-8-9-18)13-19(22)12-16-4-2-1-3-5-16/h10-11,13,16-19H,1-9,12,14-15H2,(H2,23,24). The highest BCUT2D eigenvalue weighted by molar-refractivity contribution is 8.03. The third-order valence-electron chi connectivity index (χ3n) is 6.85. The van der Waals surface area contributed by atoms with E-state index in [-0.39, 0.29) is 5.91 Å². The zero-order valence-electron chi connectivity index (χ0n) is 15.4. The van der Waals surface area contributed by atoms with Crippen LogP contribution >= 0.6 is 11.8 Å². The number of allylic oxidation sites excluding steroid dienone is 2. The molecule has 2 N–H and O–H groups in total. The second-order valence-electron chi connectivity index (χ2n) is 9.06. The maximum atomic E-state index is 12.6. The van der Waals surface area contributed by atoms with Gasteiger partial charge >= 0.3 is 0 Å². The van der Waals surface area contributed by atoms with Crippen molar-refractivity contribution in [2.24, 2.45) is 34.8 Å². The Morgan fingerprint density at radius 3 is 2.40 bits per heavy atom. The zero-order valence-corrected chi connectivity index (χ0v) is 16.2. The number of carbonyl (C=O) groups excluding carboxylic acids is 1. The van der Waals surface area contributed by atoms with Crippen LogP contribution in [0.2, 0.25) is 0 Å². The van der Waals surface area contributed by atoms with E-state index in [0.717, 1.165) is 30.6 Å². The Labute approximate surface area is 157 Å². The minimum absolute atomic E-state index is 0.0843. The van der Waals surface area contributed by atoms with Crippen LogP contribution in [0.15, 0.2) is 23.1 Å². The molecule has 0 aromatic rings. The minimum atomic E-state index is -0.414. The number of carbonyl (C=O) groups is 1. The quantitative estimate of drug-likeness (QED) is 0.627. The van der Waals surface area contributed by atoms with Crippen LogP contribution in [0.1, 0.15) is 70.6 Å². The summed E-state index contributed by atoms with van der Waals surface area (Å²) in [4.78, 5) is 14.0. The van der Waals surface area contributed by atoms with E-state index in [0.29, 0.717) is 5.92 Å². The number of hydrogen-bond acceptors (Lipinski definition) is 2. The lowest BCUT2D eigenvalue weighted by Gasteiger charge is -2.39. The second-order valence-corrected chi connectivity index (χ2v) is 10.1. The Bertz CT molecular complexity index is 554. The number of hydrogen-bond donors (Lipinski definition) is 1. The van der Waals surface area contributed by atoms with Gasteiger partial charge in [-0.25, -0.2) is 0 Å². The van der Waals surface area contributed by atoms with E-state index < -0.39 is 5.41 Å². The van der Waals surface area contributed by atoms with Crippen LogP contribution in [0.5, 0.6) is 0 Å². The van der Waals surface area contributed by atoms with Crippen molar-refractivity contribution in [2.45, 2.75) is 70.6 Å². The molecule has 0 aromatic carbocycles. The average Bonchev–Trinajstić information content (AvgIpc) is 3.51. The summed E-state index contributed by atoms with van der Waals surface area (Å²) < 4.78 is 0. The molecule has 0 heterocycles. The second kappa shape index (κ2) is 7.50. The number of amides is 1. The lowest BCUT2D eigenvalue weighted by atomic mass is 9.65. The topological polar surface area (TPSA) is 43.1 Å². The molecule has 2 atom stereocenters. The highest BCUT2D eigenvalue weighted by atomic mass is 32.2. The molecule has 4 rings (SSSR count). The molecular weight excluding hydrogens is 326 g/mol. The van der Waals surface area contributed by atoms with Gasteiger partial charge in [0, 0.05) is 10.7 Å². The lowest BCUT2D eigenvalue weighted by Crippen LogP contribution is -2.43. The van der Waals surface area contributed by atoms with Crippen molar-refractivity contribution in [1.29, 1.82) is 0 Å². The van der Waals surface area contributed by atoms with Gasteiger partial charge in [0.1, 0.15) is 0 Å². The molecule has 3 fully saturated rings. The fraction of sp³-hybridized carbons (Fsp3) is 0.773. The van der Waals surface area contributed by atoms with Crippen molar-refractivity contribution in [3.8, 4) is 0 Å². The Kier molecular flexibility index (Phi) is 5.31. The average molecular weight is 360 g/mol. The van der Waals surface area contributed by atoms with Crippen molar-refractivity contribution >= 4 is 17.7 Å². The molecule has 0 aliphatic heterocycles. The minimum Gasteiger partial charge on any atom is -0.369 e.